The lowest BCUT2D eigenvalue weighted by molar-refractivity contribution is 0.588. The number of aryl methyl sites for hydroxylation is 1. The van der Waals surface area contributed by atoms with Crippen LogP contribution in [0.15, 0.2) is 207 Å². The Hall–Kier alpha value is -7.62. The molecule has 79 heavy (non-hydrogen) atoms. The van der Waals surface area contributed by atoms with Crippen LogP contribution in [0.3, 0.4) is 0 Å². The summed E-state index contributed by atoms with van der Waals surface area (Å²) < 4.78 is 2.40. The summed E-state index contributed by atoms with van der Waals surface area (Å²) in [6, 6.07) is 65.2. The Balaban J connectivity index is 0.000000131. The van der Waals surface area contributed by atoms with Crippen molar-refractivity contribution in [2.75, 3.05) is 0 Å². The van der Waals surface area contributed by atoms with Gasteiger partial charge in [0.25, 0.3) is 0 Å². The van der Waals surface area contributed by atoms with Crippen LogP contribution in [-0.2, 0) is 33.6 Å². The zero-order valence-corrected chi connectivity index (χ0v) is 50.3. The SMILES string of the molecule is C=C1c2ccccc2-c2cc(C(C)(C)C)ccc21.CC(C)(C)c1ccc2ccccc2c1.CC(C)(C)c1ccc2cnccc2c1.CC(C)(C)c1cnc2ccccc2c1.CCn1c2ccccc2c2cc(C(C)(C)C)ccc21. The molecule has 1 aliphatic rings. The lowest BCUT2D eigenvalue weighted by Gasteiger charge is -2.20. The molecule has 3 heterocycles. The Labute approximate surface area is 473 Å². The van der Waals surface area contributed by atoms with Crippen LogP contribution in [0.25, 0.3) is 71.0 Å². The van der Waals surface area contributed by atoms with E-state index in [1.54, 1.807) is 0 Å². The summed E-state index contributed by atoms with van der Waals surface area (Å²) in [7, 11) is 0. The van der Waals surface area contributed by atoms with Crippen molar-refractivity contribution >= 4 is 59.8 Å². The zero-order chi connectivity index (χ0) is 57.1. The van der Waals surface area contributed by atoms with Crippen LogP contribution in [0.5, 0.6) is 0 Å². The maximum Gasteiger partial charge on any atom is 0.0702 e. The van der Waals surface area contributed by atoms with Gasteiger partial charge in [0, 0.05) is 57.7 Å². The second-order valence-corrected chi connectivity index (χ2v) is 26.4. The number of aromatic nitrogens is 3. The van der Waals surface area contributed by atoms with Gasteiger partial charge in [-0.25, -0.2) is 0 Å². The normalized spacial score (nSPS) is 12.4. The molecule has 0 saturated carbocycles. The van der Waals surface area contributed by atoms with E-state index in [4.69, 9.17) is 0 Å². The third-order valence-electron chi connectivity index (χ3n) is 15.3. The molecule has 11 aromatic rings. The van der Waals surface area contributed by atoms with Crippen LogP contribution >= 0.6 is 0 Å². The highest BCUT2D eigenvalue weighted by Gasteiger charge is 2.24. The van der Waals surface area contributed by atoms with Crippen LogP contribution in [-0.4, -0.2) is 14.5 Å². The summed E-state index contributed by atoms with van der Waals surface area (Å²) in [6.45, 7) is 41.1. The number of fused-ring (bicyclic) bond motifs is 9. The van der Waals surface area contributed by atoms with Gasteiger partial charge in [-0.15, -0.1) is 0 Å². The van der Waals surface area contributed by atoms with Crippen molar-refractivity contribution in [3.63, 3.8) is 0 Å². The Morgan fingerprint density at radius 3 is 1.44 bits per heavy atom. The molecule has 0 radical (unpaired) electrons. The number of para-hydroxylation sites is 2. The van der Waals surface area contributed by atoms with Crippen LogP contribution in [0, 0.1) is 0 Å². The smallest absolute Gasteiger partial charge is 0.0702 e. The molecule has 0 amide bonds. The van der Waals surface area contributed by atoms with E-state index < -0.39 is 0 Å². The first kappa shape index (κ1) is 57.6. The van der Waals surface area contributed by atoms with E-state index in [9.17, 15) is 0 Å². The standard InChI is InChI=1S/C18H21N.C18H18.C14H16.2C13H15N/c1-5-19-16-9-7-6-8-14(16)15-12-13(18(2,3)4)10-11-17(15)19;1-12-14-7-5-6-8-16(14)17-11-13(18(2,3)4)9-10-15(12)17;1-14(2,3)13-9-8-11-6-4-5-7-12(11)10-13;1-13(2,3)12-5-4-11-9-14-7-6-10(11)8-12;1-13(2,3)11-8-10-6-4-5-7-12(10)14-9-11/h6-12H,5H2,1-4H3;5-11H,1H2,2-4H3;4-10H,1-3H3;2*4-9H,1-3H3. The van der Waals surface area contributed by atoms with E-state index in [1.165, 1.54) is 98.8 Å². The summed E-state index contributed by atoms with van der Waals surface area (Å²) in [4.78, 5) is 8.55. The Kier molecular flexibility index (Phi) is 16.8. The molecular formula is C76H85N3. The molecular weight excluding hydrogens is 955 g/mol. The minimum Gasteiger partial charge on any atom is -0.341 e. The Bertz CT molecular complexity index is 3710. The Morgan fingerprint density at radius 1 is 0.354 bits per heavy atom. The summed E-state index contributed by atoms with van der Waals surface area (Å²) in [5, 5.41) is 9.10. The number of hydrogen-bond acceptors (Lipinski definition) is 2. The fraction of sp³-hybridized carbons (Fsp3) is 0.289. The number of nitrogens with zero attached hydrogens (tertiary/aromatic N) is 3. The van der Waals surface area contributed by atoms with Crippen LogP contribution in [0.1, 0.15) is 150 Å². The van der Waals surface area contributed by atoms with Crippen molar-refractivity contribution in [3.8, 4) is 11.1 Å². The molecule has 0 aliphatic heterocycles. The molecule has 3 nitrogen and oxygen atoms in total. The van der Waals surface area contributed by atoms with Crippen molar-refractivity contribution in [1.82, 2.24) is 14.5 Å². The molecule has 0 fully saturated rings. The van der Waals surface area contributed by atoms with Crippen molar-refractivity contribution in [1.29, 1.82) is 0 Å². The van der Waals surface area contributed by atoms with Crippen LogP contribution in [0.2, 0.25) is 0 Å². The highest BCUT2D eigenvalue weighted by Crippen LogP contribution is 2.45. The number of pyridine rings is 2. The monoisotopic (exact) mass is 1040 g/mol. The molecule has 0 bridgehead atoms. The lowest BCUT2D eigenvalue weighted by atomic mass is 9.85. The molecule has 3 aromatic heterocycles. The van der Waals surface area contributed by atoms with E-state index >= 15 is 0 Å². The van der Waals surface area contributed by atoms with Gasteiger partial charge in [-0.2, -0.15) is 0 Å². The topological polar surface area (TPSA) is 30.7 Å². The molecule has 8 aromatic carbocycles. The number of hydrogen-bond donors (Lipinski definition) is 0. The first-order valence-corrected chi connectivity index (χ1v) is 28.4. The molecule has 3 heteroatoms. The van der Waals surface area contributed by atoms with E-state index in [2.05, 4.69) is 302 Å². The third-order valence-corrected chi connectivity index (χ3v) is 15.3. The van der Waals surface area contributed by atoms with E-state index in [0.29, 0.717) is 0 Å². The Morgan fingerprint density at radius 2 is 0.810 bits per heavy atom. The van der Waals surface area contributed by atoms with E-state index in [-0.39, 0.29) is 27.1 Å². The van der Waals surface area contributed by atoms with Gasteiger partial charge >= 0.3 is 0 Å². The fourth-order valence-electron chi connectivity index (χ4n) is 10.2. The van der Waals surface area contributed by atoms with Crippen molar-refractivity contribution in [2.45, 2.75) is 144 Å². The molecule has 0 atom stereocenters. The molecule has 404 valence electrons. The summed E-state index contributed by atoms with van der Waals surface area (Å²) in [6.07, 6.45) is 5.72. The van der Waals surface area contributed by atoms with Crippen molar-refractivity contribution in [3.05, 3.63) is 246 Å². The number of benzene rings is 8. The van der Waals surface area contributed by atoms with Gasteiger partial charge in [0.1, 0.15) is 0 Å². The predicted molar refractivity (Wildman–Crippen MR) is 346 cm³/mol. The largest absolute Gasteiger partial charge is 0.341 e. The van der Waals surface area contributed by atoms with Gasteiger partial charge < -0.3 is 4.57 Å². The lowest BCUT2D eigenvalue weighted by Crippen LogP contribution is -2.11. The highest BCUT2D eigenvalue weighted by atomic mass is 15.0. The fourth-order valence-corrected chi connectivity index (χ4v) is 10.2. The first-order chi connectivity index (χ1) is 37.2. The molecule has 0 N–H and O–H groups in total. The summed E-state index contributed by atoms with van der Waals surface area (Å²) in [5.41, 5.74) is 18.0. The first-order valence-electron chi connectivity index (χ1n) is 28.4. The quantitative estimate of drug-likeness (QED) is 0.164. The van der Waals surface area contributed by atoms with Gasteiger partial charge in [-0.3, -0.25) is 9.97 Å². The molecule has 0 spiro atoms. The number of rotatable bonds is 1. The van der Waals surface area contributed by atoms with E-state index in [1.807, 2.05) is 30.7 Å². The second kappa shape index (κ2) is 23.0. The molecule has 0 unspecified atom stereocenters. The third kappa shape index (κ3) is 13.5. The van der Waals surface area contributed by atoms with Gasteiger partial charge in [0.15, 0.2) is 0 Å². The van der Waals surface area contributed by atoms with Gasteiger partial charge in [0.2, 0.25) is 0 Å². The molecule has 12 rings (SSSR count). The molecule has 1 aliphatic carbocycles. The van der Waals surface area contributed by atoms with Gasteiger partial charge in [-0.1, -0.05) is 250 Å². The molecule has 0 saturated heterocycles. The van der Waals surface area contributed by atoms with Crippen molar-refractivity contribution in [2.24, 2.45) is 0 Å². The highest BCUT2D eigenvalue weighted by molar-refractivity contribution is 6.08. The minimum atomic E-state index is 0.178. The van der Waals surface area contributed by atoms with Crippen LogP contribution in [0.4, 0.5) is 0 Å². The average Bonchev–Trinajstić information content (AvgIpc) is 4.16. The summed E-state index contributed by atoms with van der Waals surface area (Å²) in [5.74, 6) is 0. The maximum absolute atomic E-state index is 4.45. The van der Waals surface area contributed by atoms with Gasteiger partial charge in [0.05, 0.1) is 5.52 Å². The van der Waals surface area contributed by atoms with Crippen molar-refractivity contribution < 1.29 is 0 Å². The second-order valence-electron chi connectivity index (χ2n) is 26.4. The van der Waals surface area contributed by atoms with Crippen LogP contribution < -0.4 is 0 Å². The minimum absolute atomic E-state index is 0.178. The zero-order valence-electron chi connectivity index (χ0n) is 50.3. The average molecular weight is 1040 g/mol. The maximum atomic E-state index is 4.45. The summed E-state index contributed by atoms with van der Waals surface area (Å²) >= 11 is 0. The van der Waals surface area contributed by atoms with E-state index in [0.717, 1.165) is 17.6 Å². The van der Waals surface area contributed by atoms with Gasteiger partial charge in [-0.05, 0) is 148 Å². The predicted octanol–water partition coefficient (Wildman–Crippen LogP) is 21.3.